The largest absolute Gasteiger partial charge is 0.328 e. The Labute approximate surface area is 108 Å². The average molecular weight is 253 g/mol. The lowest BCUT2D eigenvalue weighted by molar-refractivity contribution is 0.983. The maximum absolute atomic E-state index is 11.9. The molecule has 1 aliphatic carbocycles. The van der Waals surface area contributed by atoms with E-state index in [1.54, 1.807) is 11.3 Å². The molecule has 0 aliphatic heterocycles. The number of H-pyrrole nitrogens is 1. The number of aromatic amines is 1. The number of rotatable bonds is 0. The Hall–Kier alpha value is -1.87. The van der Waals surface area contributed by atoms with Crippen LogP contribution < -0.4 is 5.56 Å². The van der Waals surface area contributed by atoms with Gasteiger partial charge in [-0.05, 0) is 41.5 Å². The van der Waals surface area contributed by atoms with E-state index in [9.17, 15) is 4.79 Å². The maximum Gasteiger partial charge on any atom is 0.255 e. The fraction of sp³-hybridized carbons (Fsp3) is 0.133. The van der Waals surface area contributed by atoms with Gasteiger partial charge in [0.2, 0.25) is 0 Å². The summed E-state index contributed by atoms with van der Waals surface area (Å²) in [4.78, 5) is 16.1. The third-order valence-electron chi connectivity index (χ3n) is 3.67. The van der Waals surface area contributed by atoms with Crippen molar-refractivity contribution in [2.24, 2.45) is 0 Å². The van der Waals surface area contributed by atoms with Crippen molar-refractivity contribution >= 4 is 22.1 Å². The maximum atomic E-state index is 11.9. The molecule has 2 aromatic heterocycles. The first-order valence-corrected chi connectivity index (χ1v) is 6.92. The Morgan fingerprint density at radius 1 is 1.11 bits per heavy atom. The third-order valence-corrected chi connectivity index (χ3v) is 4.66. The van der Waals surface area contributed by atoms with Gasteiger partial charge in [-0.1, -0.05) is 12.1 Å². The van der Waals surface area contributed by atoms with Crippen LogP contribution in [0.1, 0.15) is 11.1 Å². The topological polar surface area (TPSA) is 32.9 Å². The van der Waals surface area contributed by atoms with Gasteiger partial charge >= 0.3 is 0 Å². The summed E-state index contributed by atoms with van der Waals surface area (Å²) in [6.45, 7) is 0. The first kappa shape index (κ1) is 10.1. The highest BCUT2D eigenvalue weighted by molar-refractivity contribution is 7.13. The molecule has 1 aromatic carbocycles. The number of aromatic nitrogens is 1. The van der Waals surface area contributed by atoms with Crippen molar-refractivity contribution < 1.29 is 0 Å². The monoisotopic (exact) mass is 253 g/mol. The Balaban J connectivity index is 2.25. The molecule has 1 aliphatic rings. The van der Waals surface area contributed by atoms with Crippen LogP contribution in [-0.2, 0) is 12.8 Å². The number of aryl methyl sites for hydroxylation is 2. The summed E-state index contributed by atoms with van der Waals surface area (Å²) in [5.74, 6) is 0. The highest BCUT2D eigenvalue weighted by atomic mass is 32.1. The minimum atomic E-state index is 0.00982. The zero-order chi connectivity index (χ0) is 12.1. The Morgan fingerprint density at radius 3 is 2.94 bits per heavy atom. The van der Waals surface area contributed by atoms with E-state index in [1.165, 1.54) is 21.6 Å². The summed E-state index contributed by atoms with van der Waals surface area (Å²) < 4.78 is 0. The quantitative estimate of drug-likeness (QED) is 0.654. The highest BCUT2D eigenvalue weighted by Gasteiger charge is 2.18. The van der Waals surface area contributed by atoms with Gasteiger partial charge in [0.1, 0.15) is 0 Å². The van der Waals surface area contributed by atoms with Crippen molar-refractivity contribution in [3.63, 3.8) is 0 Å². The van der Waals surface area contributed by atoms with Crippen LogP contribution in [0.2, 0.25) is 0 Å². The number of benzene rings is 1. The molecule has 0 atom stereocenters. The molecule has 3 heteroatoms. The second kappa shape index (κ2) is 3.56. The smallest absolute Gasteiger partial charge is 0.255 e. The van der Waals surface area contributed by atoms with Gasteiger partial charge < -0.3 is 4.98 Å². The molecule has 88 valence electrons. The van der Waals surface area contributed by atoms with Crippen molar-refractivity contribution in [2.45, 2.75) is 12.8 Å². The predicted octanol–water partition coefficient (Wildman–Crippen LogP) is 3.36. The van der Waals surface area contributed by atoms with Crippen molar-refractivity contribution in [1.82, 2.24) is 4.98 Å². The number of fused-ring (bicyclic) bond motifs is 2. The van der Waals surface area contributed by atoms with Crippen LogP contribution in [0.4, 0.5) is 0 Å². The van der Waals surface area contributed by atoms with Crippen LogP contribution >= 0.6 is 11.3 Å². The number of hydrogen-bond donors (Lipinski definition) is 1. The van der Waals surface area contributed by atoms with Crippen molar-refractivity contribution in [2.75, 3.05) is 0 Å². The van der Waals surface area contributed by atoms with E-state index < -0.39 is 0 Å². The molecule has 0 unspecified atom stereocenters. The van der Waals surface area contributed by atoms with E-state index >= 15 is 0 Å². The molecule has 3 aromatic rings. The number of thiophene rings is 1. The van der Waals surface area contributed by atoms with Gasteiger partial charge in [-0.15, -0.1) is 11.3 Å². The first-order valence-electron chi connectivity index (χ1n) is 6.04. The van der Waals surface area contributed by atoms with Gasteiger partial charge in [0, 0.05) is 27.4 Å². The Morgan fingerprint density at radius 2 is 2.00 bits per heavy atom. The van der Waals surface area contributed by atoms with Gasteiger partial charge in [0.15, 0.2) is 0 Å². The molecule has 1 N–H and O–H groups in total. The van der Waals surface area contributed by atoms with Crippen LogP contribution in [-0.4, -0.2) is 4.98 Å². The van der Waals surface area contributed by atoms with Gasteiger partial charge in [0.05, 0.1) is 0 Å². The molecular weight excluding hydrogens is 242 g/mol. The normalized spacial score (nSPS) is 13.3. The fourth-order valence-corrected chi connectivity index (χ4v) is 3.80. The molecule has 0 saturated carbocycles. The number of hydrogen-bond acceptors (Lipinski definition) is 2. The van der Waals surface area contributed by atoms with Gasteiger partial charge in [-0.2, -0.15) is 0 Å². The zero-order valence-electron chi connectivity index (χ0n) is 9.69. The second-order valence-electron chi connectivity index (χ2n) is 4.65. The predicted molar refractivity (Wildman–Crippen MR) is 75.3 cm³/mol. The molecular formula is C15H11NOS. The molecule has 4 rings (SSSR count). The van der Waals surface area contributed by atoms with Gasteiger partial charge in [0.25, 0.3) is 5.56 Å². The van der Waals surface area contributed by atoms with E-state index in [0.717, 1.165) is 23.6 Å². The van der Waals surface area contributed by atoms with Gasteiger partial charge in [-0.3, -0.25) is 4.79 Å². The van der Waals surface area contributed by atoms with Crippen molar-refractivity contribution in [3.05, 3.63) is 57.3 Å². The van der Waals surface area contributed by atoms with E-state index in [2.05, 4.69) is 22.5 Å². The molecule has 2 nitrogen and oxygen atoms in total. The third kappa shape index (κ3) is 1.25. The highest BCUT2D eigenvalue weighted by Crippen LogP contribution is 2.38. The SMILES string of the molecule is O=c1[nH]cc2c3c(cccc13)CCc1ccsc1-2. The lowest BCUT2D eigenvalue weighted by Gasteiger charge is -2.06. The molecule has 0 spiro atoms. The van der Waals surface area contributed by atoms with Crippen LogP contribution in [0.15, 0.2) is 40.6 Å². The summed E-state index contributed by atoms with van der Waals surface area (Å²) in [5.41, 5.74) is 3.87. The number of nitrogens with one attached hydrogen (secondary N) is 1. The molecule has 0 amide bonds. The number of pyridine rings is 1. The summed E-state index contributed by atoms with van der Waals surface area (Å²) in [7, 11) is 0. The minimum absolute atomic E-state index is 0.00982. The van der Waals surface area contributed by atoms with E-state index in [4.69, 9.17) is 0 Å². The summed E-state index contributed by atoms with van der Waals surface area (Å²) in [6.07, 6.45) is 3.94. The lowest BCUT2D eigenvalue weighted by atomic mass is 10.0. The van der Waals surface area contributed by atoms with Crippen LogP contribution in [0, 0.1) is 0 Å². The minimum Gasteiger partial charge on any atom is -0.328 e. The Bertz CT molecular complexity index is 813. The molecule has 0 bridgehead atoms. The van der Waals surface area contributed by atoms with Crippen molar-refractivity contribution in [1.29, 1.82) is 0 Å². The molecule has 0 radical (unpaired) electrons. The first-order chi connectivity index (χ1) is 8.84. The zero-order valence-corrected chi connectivity index (χ0v) is 10.5. The van der Waals surface area contributed by atoms with Crippen LogP contribution in [0.5, 0.6) is 0 Å². The van der Waals surface area contributed by atoms with Gasteiger partial charge in [-0.25, -0.2) is 0 Å². The standard InChI is InChI=1S/C15H11NOS/c17-15-11-3-1-2-9-4-5-10-6-7-18-14(10)12(8-16-15)13(9)11/h1-3,6-8H,4-5H2,(H,16,17). The average Bonchev–Trinajstić information content (AvgIpc) is 2.80. The summed E-state index contributed by atoms with van der Waals surface area (Å²) in [5, 5.41) is 4.09. The molecule has 0 saturated heterocycles. The fourth-order valence-electron chi connectivity index (χ4n) is 2.82. The van der Waals surface area contributed by atoms with Crippen LogP contribution in [0.3, 0.4) is 0 Å². The molecule has 2 heterocycles. The summed E-state index contributed by atoms with van der Waals surface area (Å²) >= 11 is 1.76. The second-order valence-corrected chi connectivity index (χ2v) is 5.56. The van der Waals surface area contributed by atoms with E-state index in [1.807, 2.05) is 18.3 Å². The van der Waals surface area contributed by atoms with E-state index in [0.29, 0.717) is 0 Å². The summed E-state index contributed by atoms with van der Waals surface area (Å²) in [6, 6.07) is 8.24. The van der Waals surface area contributed by atoms with Crippen molar-refractivity contribution in [3.8, 4) is 10.4 Å². The Kier molecular flexibility index (Phi) is 2.00. The molecule has 0 fully saturated rings. The lowest BCUT2D eigenvalue weighted by Crippen LogP contribution is -2.06. The molecule has 18 heavy (non-hydrogen) atoms. The van der Waals surface area contributed by atoms with Crippen LogP contribution in [0.25, 0.3) is 21.2 Å². The van der Waals surface area contributed by atoms with E-state index in [-0.39, 0.29) is 5.56 Å².